The van der Waals surface area contributed by atoms with Crippen molar-refractivity contribution in [1.82, 2.24) is 4.98 Å². The Kier molecular flexibility index (Phi) is 3.99. The summed E-state index contributed by atoms with van der Waals surface area (Å²) in [6.07, 6.45) is 2.73. The van der Waals surface area contributed by atoms with E-state index in [9.17, 15) is 0 Å². The highest BCUT2D eigenvalue weighted by atomic mass is 35.5. The van der Waals surface area contributed by atoms with Crippen LogP contribution in [0.3, 0.4) is 0 Å². The number of pyridine rings is 1. The zero-order valence-electron chi connectivity index (χ0n) is 9.78. The Labute approximate surface area is 107 Å². The lowest BCUT2D eigenvalue weighted by molar-refractivity contribution is 0.960. The molecule has 3 heteroatoms. The van der Waals surface area contributed by atoms with Crippen molar-refractivity contribution in [3.8, 4) is 0 Å². The van der Waals surface area contributed by atoms with Gasteiger partial charge in [-0.2, -0.15) is 0 Å². The van der Waals surface area contributed by atoms with Gasteiger partial charge in [-0.3, -0.25) is 4.98 Å². The lowest BCUT2D eigenvalue weighted by Crippen LogP contribution is -2.06. The second kappa shape index (κ2) is 5.69. The molecule has 2 rings (SSSR count). The van der Waals surface area contributed by atoms with E-state index in [0.29, 0.717) is 0 Å². The van der Waals surface area contributed by atoms with E-state index in [1.165, 1.54) is 0 Å². The highest BCUT2D eigenvalue weighted by Crippen LogP contribution is 2.22. The van der Waals surface area contributed by atoms with Crippen molar-refractivity contribution < 1.29 is 0 Å². The van der Waals surface area contributed by atoms with Crippen molar-refractivity contribution in [2.24, 2.45) is 0 Å². The summed E-state index contributed by atoms with van der Waals surface area (Å²) in [6.45, 7) is 2.88. The number of nitrogens with zero attached hydrogens (tertiary/aromatic N) is 1. The number of benzene rings is 1. The first kappa shape index (κ1) is 11.9. The van der Waals surface area contributed by atoms with Crippen LogP contribution >= 0.6 is 11.6 Å². The third-order valence-corrected chi connectivity index (χ3v) is 3.10. The fraction of sp³-hybridized carbons (Fsp3) is 0.214. The van der Waals surface area contributed by atoms with Gasteiger partial charge in [0.25, 0.3) is 0 Å². The van der Waals surface area contributed by atoms with E-state index >= 15 is 0 Å². The second-order valence-corrected chi connectivity index (χ2v) is 4.32. The van der Waals surface area contributed by atoms with Crippen LogP contribution < -0.4 is 5.32 Å². The zero-order valence-corrected chi connectivity index (χ0v) is 10.5. The number of rotatable bonds is 4. The maximum Gasteiger partial charge on any atom is 0.0455 e. The lowest BCUT2D eigenvalue weighted by Gasteiger charge is -2.10. The molecule has 0 fully saturated rings. The largest absolute Gasteiger partial charge is 0.384 e. The molecular weight excluding hydrogens is 232 g/mol. The van der Waals surface area contributed by atoms with E-state index in [0.717, 1.165) is 34.9 Å². The van der Waals surface area contributed by atoms with Gasteiger partial charge in [-0.25, -0.2) is 0 Å². The van der Waals surface area contributed by atoms with Crippen LogP contribution in [-0.4, -0.2) is 11.5 Å². The Hall–Kier alpha value is -1.54. The molecule has 2 nitrogen and oxygen atoms in total. The molecular formula is C14H15ClN2. The highest BCUT2D eigenvalue weighted by Gasteiger charge is 2.01. The van der Waals surface area contributed by atoms with Crippen molar-refractivity contribution in [3.05, 3.63) is 58.9 Å². The van der Waals surface area contributed by atoms with E-state index in [1.54, 1.807) is 0 Å². The molecule has 1 N–H and O–H groups in total. The van der Waals surface area contributed by atoms with E-state index in [4.69, 9.17) is 11.6 Å². The van der Waals surface area contributed by atoms with E-state index in [2.05, 4.69) is 10.3 Å². The fourth-order valence-electron chi connectivity index (χ4n) is 1.67. The molecule has 0 aliphatic carbocycles. The third-order valence-electron chi connectivity index (χ3n) is 2.69. The number of hydrogen-bond donors (Lipinski definition) is 1. The minimum Gasteiger partial charge on any atom is -0.384 e. The maximum absolute atomic E-state index is 6.06. The first-order valence-electron chi connectivity index (χ1n) is 5.66. The summed E-state index contributed by atoms with van der Waals surface area (Å²) in [6, 6.07) is 11.9. The Morgan fingerprint density at radius 2 is 2.06 bits per heavy atom. The molecule has 0 aliphatic heterocycles. The quantitative estimate of drug-likeness (QED) is 0.890. The van der Waals surface area contributed by atoms with Crippen molar-refractivity contribution in [3.63, 3.8) is 0 Å². The van der Waals surface area contributed by atoms with Crippen molar-refractivity contribution in [1.29, 1.82) is 0 Å². The summed E-state index contributed by atoms with van der Waals surface area (Å²) in [5.74, 6) is 0. The zero-order chi connectivity index (χ0) is 12.1. The van der Waals surface area contributed by atoms with Crippen LogP contribution in [-0.2, 0) is 6.42 Å². The second-order valence-electron chi connectivity index (χ2n) is 3.91. The molecule has 1 aromatic carbocycles. The lowest BCUT2D eigenvalue weighted by atomic mass is 10.2. The molecule has 0 saturated carbocycles. The SMILES string of the molecule is Cc1c(Cl)cccc1NCCc1ccccn1. The Morgan fingerprint density at radius 3 is 2.82 bits per heavy atom. The topological polar surface area (TPSA) is 24.9 Å². The van der Waals surface area contributed by atoms with Gasteiger partial charge in [0, 0.05) is 35.6 Å². The van der Waals surface area contributed by atoms with Gasteiger partial charge in [-0.05, 0) is 36.8 Å². The van der Waals surface area contributed by atoms with Gasteiger partial charge in [-0.1, -0.05) is 23.7 Å². The summed E-state index contributed by atoms with van der Waals surface area (Å²) in [5, 5.41) is 4.18. The molecule has 2 aromatic rings. The van der Waals surface area contributed by atoms with Crippen molar-refractivity contribution in [2.45, 2.75) is 13.3 Å². The molecule has 88 valence electrons. The van der Waals surface area contributed by atoms with E-state index in [-0.39, 0.29) is 0 Å². The number of aromatic nitrogens is 1. The number of halogens is 1. The minimum absolute atomic E-state index is 0.799. The number of anilines is 1. The average Bonchev–Trinajstić information content (AvgIpc) is 2.36. The Morgan fingerprint density at radius 1 is 1.18 bits per heavy atom. The first-order chi connectivity index (χ1) is 8.27. The summed E-state index contributed by atoms with van der Waals surface area (Å²) in [7, 11) is 0. The average molecular weight is 247 g/mol. The summed E-state index contributed by atoms with van der Waals surface area (Å²) in [5.41, 5.74) is 3.28. The molecule has 0 radical (unpaired) electrons. The van der Waals surface area contributed by atoms with Gasteiger partial charge < -0.3 is 5.32 Å². The molecule has 0 atom stereocenters. The summed E-state index contributed by atoms with van der Waals surface area (Å²) >= 11 is 6.06. The number of hydrogen-bond acceptors (Lipinski definition) is 2. The minimum atomic E-state index is 0.799. The molecule has 0 aliphatic rings. The van der Waals surface area contributed by atoms with Gasteiger partial charge in [0.05, 0.1) is 0 Å². The van der Waals surface area contributed by atoms with Crippen LogP contribution in [0.1, 0.15) is 11.3 Å². The standard InChI is InChI=1S/C14H15ClN2/c1-11-13(15)6-4-7-14(11)17-10-8-12-5-2-3-9-16-12/h2-7,9,17H,8,10H2,1H3. The molecule has 1 heterocycles. The summed E-state index contributed by atoms with van der Waals surface area (Å²) < 4.78 is 0. The van der Waals surface area contributed by atoms with Gasteiger partial charge in [-0.15, -0.1) is 0 Å². The van der Waals surface area contributed by atoms with Gasteiger partial charge in [0.2, 0.25) is 0 Å². The van der Waals surface area contributed by atoms with Crippen LogP contribution in [0.2, 0.25) is 5.02 Å². The molecule has 0 saturated heterocycles. The molecule has 0 bridgehead atoms. The monoisotopic (exact) mass is 246 g/mol. The Bertz CT molecular complexity index is 483. The van der Waals surface area contributed by atoms with Crippen LogP contribution in [0.15, 0.2) is 42.6 Å². The third kappa shape index (κ3) is 3.21. The predicted molar refractivity (Wildman–Crippen MR) is 72.6 cm³/mol. The van der Waals surface area contributed by atoms with Crippen LogP contribution in [0.5, 0.6) is 0 Å². The van der Waals surface area contributed by atoms with E-state index < -0.39 is 0 Å². The van der Waals surface area contributed by atoms with Gasteiger partial charge in [0.15, 0.2) is 0 Å². The first-order valence-corrected chi connectivity index (χ1v) is 6.04. The van der Waals surface area contributed by atoms with Crippen LogP contribution in [0, 0.1) is 6.92 Å². The molecule has 0 amide bonds. The summed E-state index contributed by atoms with van der Waals surface area (Å²) in [4.78, 5) is 4.28. The smallest absolute Gasteiger partial charge is 0.0455 e. The molecule has 17 heavy (non-hydrogen) atoms. The molecule has 1 aromatic heterocycles. The maximum atomic E-state index is 6.06. The number of nitrogens with one attached hydrogen (secondary N) is 1. The van der Waals surface area contributed by atoms with Crippen molar-refractivity contribution >= 4 is 17.3 Å². The van der Waals surface area contributed by atoms with Gasteiger partial charge >= 0.3 is 0 Å². The van der Waals surface area contributed by atoms with Crippen LogP contribution in [0.25, 0.3) is 0 Å². The van der Waals surface area contributed by atoms with Crippen molar-refractivity contribution in [2.75, 3.05) is 11.9 Å². The molecule has 0 spiro atoms. The molecule has 0 unspecified atom stereocenters. The predicted octanol–water partition coefficient (Wildman–Crippen LogP) is 3.70. The Balaban J connectivity index is 1.93. The van der Waals surface area contributed by atoms with Gasteiger partial charge in [0.1, 0.15) is 0 Å². The van der Waals surface area contributed by atoms with Crippen LogP contribution in [0.4, 0.5) is 5.69 Å². The normalized spacial score (nSPS) is 10.2. The van der Waals surface area contributed by atoms with E-state index in [1.807, 2.05) is 49.5 Å². The fourth-order valence-corrected chi connectivity index (χ4v) is 1.84. The highest BCUT2D eigenvalue weighted by molar-refractivity contribution is 6.31.